The molecule has 0 radical (unpaired) electrons. The third-order valence-electron chi connectivity index (χ3n) is 2.87. The first kappa shape index (κ1) is 14.8. The van der Waals surface area contributed by atoms with E-state index in [1.165, 1.54) is 12.1 Å². The summed E-state index contributed by atoms with van der Waals surface area (Å²) in [6.07, 6.45) is 0. The smallest absolute Gasteiger partial charge is 0.338 e. The zero-order valence-electron chi connectivity index (χ0n) is 11.5. The molecule has 0 spiro atoms. The molecule has 0 aliphatic heterocycles. The first-order valence-electron chi connectivity index (χ1n) is 6.42. The molecule has 21 heavy (non-hydrogen) atoms. The van der Waals surface area contributed by atoms with Crippen molar-refractivity contribution in [3.63, 3.8) is 0 Å². The highest BCUT2D eigenvalue weighted by atomic mass is 19.1. The maximum absolute atomic E-state index is 13.4. The maximum atomic E-state index is 13.4. The standard InChI is InChI=1S/C16H15FO4/c1-11-4-2-3-5-15(11)21-9-8-20-12-6-7-13(16(18)19)14(17)10-12/h2-7,10H,8-9H2,1H3,(H,18,19). The molecule has 110 valence electrons. The molecule has 2 aromatic rings. The summed E-state index contributed by atoms with van der Waals surface area (Å²) in [4.78, 5) is 10.7. The van der Waals surface area contributed by atoms with Crippen LogP contribution in [-0.4, -0.2) is 24.3 Å². The molecule has 0 aliphatic carbocycles. The van der Waals surface area contributed by atoms with Gasteiger partial charge in [0.2, 0.25) is 0 Å². The molecule has 1 N–H and O–H groups in total. The topological polar surface area (TPSA) is 55.8 Å². The molecule has 4 nitrogen and oxygen atoms in total. The highest BCUT2D eigenvalue weighted by Crippen LogP contribution is 2.18. The van der Waals surface area contributed by atoms with Crippen molar-refractivity contribution in [3.8, 4) is 11.5 Å². The number of aryl methyl sites for hydroxylation is 1. The van der Waals surface area contributed by atoms with E-state index in [-0.39, 0.29) is 17.9 Å². The van der Waals surface area contributed by atoms with Gasteiger partial charge in [-0.1, -0.05) is 18.2 Å². The van der Waals surface area contributed by atoms with Gasteiger partial charge in [-0.3, -0.25) is 0 Å². The van der Waals surface area contributed by atoms with Crippen LogP contribution in [0.3, 0.4) is 0 Å². The summed E-state index contributed by atoms with van der Waals surface area (Å²) in [7, 11) is 0. The van der Waals surface area contributed by atoms with Gasteiger partial charge < -0.3 is 14.6 Å². The first-order valence-corrected chi connectivity index (χ1v) is 6.42. The summed E-state index contributed by atoms with van der Waals surface area (Å²) in [6.45, 7) is 2.49. The van der Waals surface area contributed by atoms with Crippen LogP contribution in [0, 0.1) is 12.7 Å². The quantitative estimate of drug-likeness (QED) is 0.829. The molecule has 0 atom stereocenters. The van der Waals surface area contributed by atoms with Crippen LogP contribution < -0.4 is 9.47 Å². The van der Waals surface area contributed by atoms with Crippen LogP contribution in [0.5, 0.6) is 11.5 Å². The molecule has 5 heteroatoms. The van der Waals surface area contributed by atoms with E-state index in [0.717, 1.165) is 17.4 Å². The summed E-state index contributed by atoms with van der Waals surface area (Å²) in [6, 6.07) is 11.2. The summed E-state index contributed by atoms with van der Waals surface area (Å²) in [5.74, 6) is -1.08. The third-order valence-corrected chi connectivity index (χ3v) is 2.87. The fourth-order valence-electron chi connectivity index (χ4n) is 1.79. The SMILES string of the molecule is Cc1ccccc1OCCOc1ccc(C(=O)O)c(F)c1. The van der Waals surface area contributed by atoms with Gasteiger partial charge in [0.1, 0.15) is 30.5 Å². The van der Waals surface area contributed by atoms with Crippen molar-refractivity contribution in [2.45, 2.75) is 6.92 Å². The number of para-hydroxylation sites is 1. The zero-order chi connectivity index (χ0) is 15.2. The van der Waals surface area contributed by atoms with Crippen LogP contribution in [0.15, 0.2) is 42.5 Å². The zero-order valence-corrected chi connectivity index (χ0v) is 11.5. The predicted octanol–water partition coefficient (Wildman–Crippen LogP) is 3.29. The van der Waals surface area contributed by atoms with Crippen LogP contribution in [-0.2, 0) is 0 Å². The Balaban J connectivity index is 1.85. The van der Waals surface area contributed by atoms with Crippen molar-refractivity contribution in [2.75, 3.05) is 13.2 Å². The van der Waals surface area contributed by atoms with E-state index in [4.69, 9.17) is 14.6 Å². The van der Waals surface area contributed by atoms with E-state index >= 15 is 0 Å². The Morgan fingerprint density at radius 3 is 2.52 bits per heavy atom. The third kappa shape index (κ3) is 3.95. The van der Waals surface area contributed by atoms with E-state index in [1.54, 1.807) is 0 Å². The van der Waals surface area contributed by atoms with Crippen molar-refractivity contribution in [1.82, 2.24) is 0 Å². The van der Waals surface area contributed by atoms with Crippen LogP contribution in [0.4, 0.5) is 4.39 Å². The molecule has 0 unspecified atom stereocenters. The number of hydrogen-bond donors (Lipinski definition) is 1. The first-order chi connectivity index (χ1) is 10.1. The van der Waals surface area contributed by atoms with Crippen molar-refractivity contribution in [3.05, 3.63) is 59.4 Å². The molecule has 0 saturated heterocycles. The number of carboxylic acid groups (broad SMARTS) is 1. The highest BCUT2D eigenvalue weighted by molar-refractivity contribution is 5.88. The van der Waals surface area contributed by atoms with Gasteiger partial charge in [0.05, 0.1) is 5.56 Å². The molecular formula is C16H15FO4. The van der Waals surface area contributed by atoms with Crippen molar-refractivity contribution in [2.24, 2.45) is 0 Å². The van der Waals surface area contributed by atoms with Crippen LogP contribution in [0.25, 0.3) is 0 Å². The number of rotatable bonds is 6. The number of carbonyl (C=O) groups is 1. The van der Waals surface area contributed by atoms with E-state index in [0.29, 0.717) is 6.61 Å². The Kier molecular flexibility index (Phi) is 4.77. The summed E-state index contributed by atoms with van der Waals surface area (Å²) < 4.78 is 24.3. The van der Waals surface area contributed by atoms with Crippen LogP contribution >= 0.6 is 0 Å². The fraction of sp³-hybridized carbons (Fsp3) is 0.188. The summed E-state index contributed by atoms with van der Waals surface area (Å²) in [5, 5.41) is 8.72. The number of halogens is 1. The van der Waals surface area contributed by atoms with Crippen LogP contribution in [0.2, 0.25) is 0 Å². The second-order valence-electron chi connectivity index (χ2n) is 4.41. The number of aromatic carboxylic acids is 1. The molecule has 0 aliphatic rings. The summed E-state index contributed by atoms with van der Waals surface area (Å²) in [5.41, 5.74) is 0.646. The monoisotopic (exact) mass is 290 g/mol. The minimum Gasteiger partial charge on any atom is -0.490 e. The van der Waals surface area contributed by atoms with Crippen molar-refractivity contribution in [1.29, 1.82) is 0 Å². The average molecular weight is 290 g/mol. The minimum atomic E-state index is -1.30. The number of ether oxygens (including phenoxy) is 2. The number of hydrogen-bond acceptors (Lipinski definition) is 3. The Bertz CT molecular complexity index is 640. The Labute approximate surface area is 121 Å². The Hall–Kier alpha value is -2.56. The Morgan fingerprint density at radius 2 is 1.86 bits per heavy atom. The molecule has 0 bridgehead atoms. The molecule has 0 amide bonds. The van der Waals surface area contributed by atoms with Gasteiger partial charge in [0.15, 0.2) is 0 Å². The lowest BCUT2D eigenvalue weighted by Gasteiger charge is -2.10. The van der Waals surface area contributed by atoms with E-state index in [1.807, 2.05) is 31.2 Å². The minimum absolute atomic E-state index is 0.236. The van der Waals surface area contributed by atoms with E-state index in [2.05, 4.69) is 0 Å². The number of carboxylic acids is 1. The fourth-order valence-corrected chi connectivity index (χ4v) is 1.79. The molecular weight excluding hydrogens is 275 g/mol. The van der Waals surface area contributed by atoms with Gasteiger partial charge >= 0.3 is 5.97 Å². The molecule has 0 heterocycles. The van der Waals surface area contributed by atoms with Gasteiger partial charge in [-0.15, -0.1) is 0 Å². The lowest BCUT2D eigenvalue weighted by atomic mass is 10.2. The molecule has 2 rings (SSSR count). The molecule has 2 aromatic carbocycles. The van der Waals surface area contributed by atoms with E-state index in [9.17, 15) is 9.18 Å². The predicted molar refractivity (Wildman–Crippen MR) is 75.5 cm³/mol. The van der Waals surface area contributed by atoms with Gasteiger partial charge in [-0.2, -0.15) is 0 Å². The van der Waals surface area contributed by atoms with E-state index < -0.39 is 11.8 Å². The normalized spacial score (nSPS) is 10.2. The maximum Gasteiger partial charge on any atom is 0.338 e. The van der Waals surface area contributed by atoms with Gasteiger partial charge in [-0.05, 0) is 30.7 Å². The molecule has 0 saturated carbocycles. The van der Waals surface area contributed by atoms with Gasteiger partial charge in [0, 0.05) is 6.07 Å². The lowest BCUT2D eigenvalue weighted by molar-refractivity contribution is 0.0692. The molecule has 0 fully saturated rings. The highest BCUT2D eigenvalue weighted by Gasteiger charge is 2.10. The lowest BCUT2D eigenvalue weighted by Crippen LogP contribution is -2.10. The van der Waals surface area contributed by atoms with Gasteiger partial charge in [-0.25, -0.2) is 9.18 Å². The second-order valence-corrected chi connectivity index (χ2v) is 4.41. The Morgan fingerprint density at radius 1 is 1.14 bits per heavy atom. The summed E-state index contributed by atoms with van der Waals surface area (Å²) >= 11 is 0. The van der Waals surface area contributed by atoms with Crippen molar-refractivity contribution >= 4 is 5.97 Å². The average Bonchev–Trinajstić information content (AvgIpc) is 2.45. The number of benzene rings is 2. The van der Waals surface area contributed by atoms with Crippen LogP contribution in [0.1, 0.15) is 15.9 Å². The van der Waals surface area contributed by atoms with Crippen molar-refractivity contribution < 1.29 is 23.8 Å². The molecule has 0 aromatic heterocycles. The largest absolute Gasteiger partial charge is 0.490 e. The van der Waals surface area contributed by atoms with Gasteiger partial charge in [0.25, 0.3) is 0 Å². The second kappa shape index (κ2) is 6.74.